The second-order valence-electron chi connectivity index (χ2n) is 14.6. The Labute approximate surface area is 310 Å². The minimum absolute atomic E-state index is 0.116. The fourth-order valence-corrected chi connectivity index (χ4v) is 9.23. The molecule has 9 aromatic rings. The van der Waals surface area contributed by atoms with Crippen molar-refractivity contribution in [3.05, 3.63) is 199 Å². The summed E-state index contributed by atoms with van der Waals surface area (Å²) in [6.45, 7) is 2.30. The van der Waals surface area contributed by atoms with Crippen LogP contribution in [0, 0.1) is 6.92 Å². The van der Waals surface area contributed by atoms with Gasteiger partial charge < -0.3 is 9.80 Å². The summed E-state index contributed by atoms with van der Waals surface area (Å²) in [6.07, 6.45) is 0.815. The Balaban J connectivity index is 1.16. The molecule has 2 nitrogen and oxygen atoms in total. The molecule has 53 heavy (non-hydrogen) atoms. The van der Waals surface area contributed by atoms with Gasteiger partial charge in [0.2, 0.25) is 0 Å². The molecule has 0 unspecified atom stereocenters. The summed E-state index contributed by atoms with van der Waals surface area (Å²) < 4.78 is 0. The van der Waals surface area contributed by atoms with Gasteiger partial charge in [0, 0.05) is 34.1 Å². The van der Waals surface area contributed by atoms with E-state index < -0.39 is 0 Å². The second kappa shape index (κ2) is 11.7. The molecule has 0 N–H and O–H groups in total. The van der Waals surface area contributed by atoms with E-state index in [1.54, 1.807) is 0 Å². The van der Waals surface area contributed by atoms with Gasteiger partial charge in [-0.05, 0) is 122 Å². The first-order valence-electron chi connectivity index (χ1n) is 18.6. The first-order chi connectivity index (χ1) is 26.2. The van der Waals surface area contributed by atoms with Gasteiger partial charge in [0.15, 0.2) is 0 Å². The van der Waals surface area contributed by atoms with Gasteiger partial charge in [0.05, 0.1) is 0 Å². The van der Waals surface area contributed by atoms with Crippen LogP contribution in [0.15, 0.2) is 182 Å². The fourth-order valence-electron chi connectivity index (χ4n) is 9.23. The van der Waals surface area contributed by atoms with Gasteiger partial charge in [0.25, 0.3) is 6.71 Å². The third kappa shape index (κ3) is 4.60. The lowest BCUT2D eigenvalue weighted by Gasteiger charge is -2.44. The number of hydrogen-bond donors (Lipinski definition) is 0. The summed E-state index contributed by atoms with van der Waals surface area (Å²) in [6, 6.07) is 67.6. The highest BCUT2D eigenvalue weighted by molar-refractivity contribution is 7.00. The molecule has 0 spiro atoms. The number of anilines is 6. The van der Waals surface area contributed by atoms with Crippen LogP contribution in [0.3, 0.4) is 0 Å². The molecular weight excluding hydrogens is 639 g/mol. The van der Waals surface area contributed by atoms with Crippen LogP contribution in [-0.2, 0) is 6.42 Å². The number of para-hydroxylation sites is 4. The molecule has 0 aromatic heterocycles. The van der Waals surface area contributed by atoms with Crippen LogP contribution in [-0.4, -0.2) is 6.71 Å². The van der Waals surface area contributed by atoms with Crippen molar-refractivity contribution in [3.63, 3.8) is 0 Å². The summed E-state index contributed by atoms with van der Waals surface area (Å²) in [5.74, 6) is 0. The van der Waals surface area contributed by atoms with E-state index in [0.717, 1.165) is 6.42 Å². The largest absolute Gasteiger partial charge is 0.311 e. The van der Waals surface area contributed by atoms with Crippen LogP contribution in [0.1, 0.15) is 16.7 Å². The Hall–Kier alpha value is -6.58. The lowest BCUT2D eigenvalue weighted by Crippen LogP contribution is -2.61. The highest BCUT2D eigenvalue weighted by Gasteiger charge is 2.43. The van der Waals surface area contributed by atoms with Gasteiger partial charge in [-0.2, -0.15) is 0 Å². The van der Waals surface area contributed by atoms with E-state index in [4.69, 9.17) is 0 Å². The van der Waals surface area contributed by atoms with Crippen LogP contribution in [0.25, 0.3) is 32.3 Å². The van der Waals surface area contributed by atoms with Crippen molar-refractivity contribution >= 4 is 89.5 Å². The summed E-state index contributed by atoms with van der Waals surface area (Å²) in [5, 5.41) is 7.89. The molecule has 11 rings (SSSR count). The van der Waals surface area contributed by atoms with E-state index in [1.807, 2.05) is 0 Å². The van der Waals surface area contributed by atoms with E-state index in [-0.39, 0.29) is 6.71 Å². The Bertz CT molecular complexity index is 2770. The highest BCUT2D eigenvalue weighted by Crippen LogP contribution is 2.45. The quantitative estimate of drug-likeness (QED) is 0.135. The van der Waals surface area contributed by atoms with Crippen molar-refractivity contribution < 1.29 is 0 Å². The molecule has 0 saturated carbocycles. The molecule has 0 saturated heterocycles. The molecule has 0 bridgehead atoms. The molecule has 2 aliphatic heterocycles. The van der Waals surface area contributed by atoms with Crippen molar-refractivity contribution in [1.29, 1.82) is 0 Å². The standard InChI is InChI=1S/C50H35BN2/c1-33-24-26-40-41-27-25-34(30-43(41)39-19-9-8-18-38(39)42(40)28-33)29-35-31-48-50-49(32-35)53(37-16-6-3-7-17-37)47-23-13-11-21-45(47)51(50)44-20-10-12-22-46(44)52(48)36-14-4-2-5-15-36/h2-28,30-32H,29H2,1H3. The van der Waals surface area contributed by atoms with Crippen LogP contribution < -0.4 is 26.2 Å². The zero-order valence-electron chi connectivity index (χ0n) is 29.5. The first kappa shape index (κ1) is 30.1. The lowest BCUT2D eigenvalue weighted by molar-refractivity contribution is 1.17. The molecule has 0 fully saturated rings. The van der Waals surface area contributed by atoms with E-state index in [9.17, 15) is 0 Å². The molecule has 2 heterocycles. The Kier molecular flexibility index (Phi) is 6.66. The number of aryl methyl sites for hydroxylation is 1. The zero-order chi connectivity index (χ0) is 35.0. The maximum Gasteiger partial charge on any atom is 0.252 e. The first-order valence-corrected chi connectivity index (χ1v) is 18.6. The van der Waals surface area contributed by atoms with Gasteiger partial charge in [-0.25, -0.2) is 0 Å². The summed E-state index contributed by atoms with van der Waals surface area (Å²) in [7, 11) is 0. The van der Waals surface area contributed by atoms with Crippen molar-refractivity contribution in [2.45, 2.75) is 13.3 Å². The molecule has 0 atom stereocenters. The average molecular weight is 675 g/mol. The fraction of sp³-hybridized carbons (Fsp3) is 0.0400. The van der Waals surface area contributed by atoms with E-state index >= 15 is 0 Å². The smallest absolute Gasteiger partial charge is 0.252 e. The van der Waals surface area contributed by atoms with Crippen molar-refractivity contribution in [2.75, 3.05) is 9.80 Å². The van der Waals surface area contributed by atoms with Gasteiger partial charge in [-0.1, -0.05) is 139 Å². The molecular formula is C50H35BN2. The Morgan fingerprint density at radius 2 is 0.849 bits per heavy atom. The van der Waals surface area contributed by atoms with E-state index in [1.165, 1.54) is 99.5 Å². The molecule has 0 amide bonds. The van der Waals surface area contributed by atoms with Crippen LogP contribution in [0.4, 0.5) is 34.1 Å². The predicted octanol–water partition coefficient (Wildman–Crippen LogP) is 11.1. The van der Waals surface area contributed by atoms with Crippen LogP contribution >= 0.6 is 0 Å². The summed E-state index contributed by atoms with van der Waals surface area (Å²) in [4.78, 5) is 4.99. The normalized spacial score (nSPS) is 13.0. The topological polar surface area (TPSA) is 6.48 Å². The number of hydrogen-bond acceptors (Lipinski definition) is 2. The Morgan fingerprint density at radius 3 is 1.43 bits per heavy atom. The monoisotopic (exact) mass is 674 g/mol. The van der Waals surface area contributed by atoms with Crippen LogP contribution in [0.5, 0.6) is 0 Å². The average Bonchev–Trinajstić information content (AvgIpc) is 3.21. The van der Waals surface area contributed by atoms with Crippen molar-refractivity contribution in [1.82, 2.24) is 0 Å². The lowest BCUT2D eigenvalue weighted by atomic mass is 9.33. The van der Waals surface area contributed by atoms with Crippen molar-refractivity contribution in [3.8, 4) is 0 Å². The van der Waals surface area contributed by atoms with E-state index in [0.29, 0.717) is 0 Å². The molecule has 0 aliphatic carbocycles. The number of fused-ring (bicyclic) bond motifs is 10. The number of nitrogens with zero attached hydrogens (tertiary/aromatic N) is 2. The van der Waals surface area contributed by atoms with Gasteiger partial charge >= 0.3 is 0 Å². The minimum Gasteiger partial charge on any atom is -0.311 e. The second-order valence-corrected chi connectivity index (χ2v) is 14.6. The predicted molar refractivity (Wildman–Crippen MR) is 227 cm³/mol. The van der Waals surface area contributed by atoms with Gasteiger partial charge in [-0.15, -0.1) is 0 Å². The number of benzene rings is 9. The van der Waals surface area contributed by atoms with Crippen LogP contribution in [0.2, 0.25) is 0 Å². The summed E-state index contributed by atoms with van der Waals surface area (Å²) in [5.41, 5.74) is 15.2. The van der Waals surface area contributed by atoms with Gasteiger partial charge in [-0.3, -0.25) is 0 Å². The third-order valence-corrected chi connectivity index (χ3v) is 11.4. The maximum atomic E-state index is 2.49. The molecule has 2 aliphatic rings. The molecule has 3 heteroatoms. The minimum atomic E-state index is 0.116. The maximum absolute atomic E-state index is 2.49. The summed E-state index contributed by atoms with van der Waals surface area (Å²) >= 11 is 0. The molecule has 9 aromatic carbocycles. The third-order valence-electron chi connectivity index (χ3n) is 11.4. The van der Waals surface area contributed by atoms with Gasteiger partial charge in [0.1, 0.15) is 0 Å². The highest BCUT2D eigenvalue weighted by atomic mass is 15.2. The zero-order valence-corrected chi connectivity index (χ0v) is 29.5. The van der Waals surface area contributed by atoms with E-state index in [2.05, 4.69) is 199 Å². The van der Waals surface area contributed by atoms with Crippen molar-refractivity contribution in [2.24, 2.45) is 0 Å². The SMILES string of the molecule is Cc1ccc2c3ccc(Cc4cc5c6c(c4)N(c4ccccc4)c4ccccc4B6c4ccccc4N5c4ccccc4)cc3c3ccccc3c2c1. The molecule has 0 radical (unpaired) electrons. The molecule has 248 valence electrons. The number of rotatable bonds is 4. The Morgan fingerprint density at radius 1 is 0.377 bits per heavy atom.